The smallest absolute Gasteiger partial charge is 0.00518 e. The topological polar surface area (TPSA) is 0 Å². The van der Waals surface area contributed by atoms with Crippen LogP contribution in [0, 0.1) is 11.3 Å². The lowest BCUT2D eigenvalue weighted by Gasteiger charge is -2.38. The Hall–Kier alpha value is 0.350. The van der Waals surface area contributed by atoms with Crippen molar-refractivity contribution >= 4 is 11.8 Å². The van der Waals surface area contributed by atoms with Gasteiger partial charge in [0, 0.05) is 5.25 Å². The van der Waals surface area contributed by atoms with Gasteiger partial charge in [-0.3, -0.25) is 0 Å². The van der Waals surface area contributed by atoms with Crippen LogP contribution in [0.5, 0.6) is 0 Å². The molecule has 0 aromatic rings. The van der Waals surface area contributed by atoms with Crippen LogP contribution in [0.25, 0.3) is 0 Å². The summed E-state index contributed by atoms with van der Waals surface area (Å²) in [5.74, 6) is 0.941. The molecule has 2 atom stereocenters. The fraction of sp³-hybridized carbons (Fsp3) is 1.00. The van der Waals surface area contributed by atoms with Crippen LogP contribution in [0.15, 0.2) is 0 Å². The van der Waals surface area contributed by atoms with E-state index in [1.807, 2.05) is 0 Å². The number of thioether (sulfide) groups is 1. The van der Waals surface area contributed by atoms with Gasteiger partial charge in [-0.15, -0.1) is 0 Å². The Kier molecular flexibility index (Phi) is 2.90. The highest BCUT2D eigenvalue weighted by molar-refractivity contribution is 7.99. The van der Waals surface area contributed by atoms with Crippen molar-refractivity contribution in [1.29, 1.82) is 0 Å². The Morgan fingerprint density at radius 1 is 1.27 bits per heavy atom. The van der Waals surface area contributed by atoms with Gasteiger partial charge >= 0.3 is 0 Å². The number of hydrogen-bond donors (Lipinski definition) is 0. The lowest BCUT2D eigenvalue weighted by atomic mass is 9.73. The highest BCUT2D eigenvalue weighted by atomic mass is 32.2. The summed E-state index contributed by atoms with van der Waals surface area (Å²) in [5.41, 5.74) is 0.603. The van der Waals surface area contributed by atoms with Gasteiger partial charge in [-0.2, -0.15) is 11.8 Å². The minimum atomic E-state index is 0.603. The molecule has 11 heavy (non-hydrogen) atoms. The average molecular weight is 172 g/mol. The van der Waals surface area contributed by atoms with E-state index >= 15 is 0 Å². The molecular weight excluding hydrogens is 152 g/mol. The number of rotatable bonds is 1. The zero-order valence-corrected chi connectivity index (χ0v) is 9.00. The minimum absolute atomic E-state index is 0.603. The molecule has 0 N–H and O–H groups in total. The molecule has 1 aliphatic carbocycles. The molecule has 1 heteroatoms. The van der Waals surface area contributed by atoms with Crippen molar-refractivity contribution in [3.8, 4) is 0 Å². The normalized spacial score (nSPS) is 37.1. The van der Waals surface area contributed by atoms with Crippen LogP contribution in [-0.4, -0.2) is 11.5 Å². The van der Waals surface area contributed by atoms with E-state index in [1.54, 1.807) is 0 Å². The molecular formula is C10H20S. The first-order valence-electron chi connectivity index (χ1n) is 4.56. The van der Waals surface area contributed by atoms with Gasteiger partial charge in [0.2, 0.25) is 0 Å². The summed E-state index contributed by atoms with van der Waals surface area (Å²) in [6.45, 7) is 7.21. The second-order valence-corrected chi connectivity index (χ2v) is 5.91. The molecule has 1 rings (SSSR count). The molecule has 0 bridgehead atoms. The van der Waals surface area contributed by atoms with Gasteiger partial charge in [0.15, 0.2) is 0 Å². The maximum Gasteiger partial charge on any atom is 0.00518 e. The van der Waals surface area contributed by atoms with Gasteiger partial charge in [-0.25, -0.2) is 0 Å². The van der Waals surface area contributed by atoms with Crippen molar-refractivity contribution in [2.45, 2.75) is 45.3 Å². The van der Waals surface area contributed by atoms with Crippen LogP contribution < -0.4 is 0 Å². The second kappa shape index (κ2) is 3.38. The molecule has 66 valence electrons. The molecule has 0 aliphatic heterocycles. The summed E-state index contributed by atoms with van der Waals surface area (Å²) in [6.07, 6.45) is 6.52. The Labute approximate surface area is 75.1 Å². The molecule has 2 unspecified atom stereocenters. The molecule has 0 aromatic carbocycles. The molecule has 1 saturated carbocycles. The van der Waals surface area contributed by atoms with Crippen molar-refractivity contribution in [2.75, 3.05) is 6.26 Å². The molecule has 1 fully saturated rings. The Morgan fingerprint density at radius 3 is 2.36 bits per heavy atom. The molecule has 0 spiro atoms. The van der Waals surface area contributed by atoms with E-state index in [2.05, 4.69) is 38.8 Å². The van der Waals surface area contributed by atoms with Gasteiger partial charge in [0.05, 0.1) is 0 Å². The Morgan fingerprint density at radius 2 is 1.91 bits per heavy atom. The van der Waals surface area contributed by atoms with Crippen LogP contribution in [0.4, 0.5) is 0 Å². The van der Waals surface area contributed by atoms with Crippen molar-refractivity contribution in [3.05, 3.63) is 0 Å². The van der Waals surface area contributed by atoms with Crippen molar-refractivity contribution in [3.63, 3.8) is 0 Å². The third kappa shape index (κ3) is 2.70. The quantitative estimate of drug-likeness (QED) is 0.583. The fourth-order valence-corrected chi connectivity index (χ4v) is 3.58. The minimum Gasteiger partial charge on any atom is -0.162 e. The van der Waals surface area contributed by atoms with Crippen molar-refractivity contribution in [2.24, 2.45) is 11.3 Å². The van der Waals surface area contributed by atoms with Crippen molar-refractivity contribution in [1.82, 2.24) is 0 Å². The van der Waals surface area contributed by atoms with Crippen LogP contribution in [0.2, 0.25) is 0 Å². The maximum absolute atomic E-state index is 2.41. The summed E-state index contributed by atoms with van der Waals surface area (Å²) in [4.78, 5) is 0. The third-order valence-electron chi connectivity index (χ3n) is 2.68. The lowest BCUT2D eigenvalue weighted by Crippen LogP contribution is -2.28. The molecule has 0 aromatic heterocycles. The van der Waals surface area contributed by atoms with Crippen molar-refractivity contribution < 1.29 is 0 Å². The van der Waals surface area contributed by atoms with E-state index in [9.17, 15) is 0 Å². The van der Waals surface area contributed by atoms with E-state index in [1.165, 1.54) is 19.3 Å². The van der Waals surface area contributed by atoms with Crippen LogP contribution in [0.3, 0.4) is 0 Å². The molecule has 0 nitrogen and oxygen atoms in total. The summed E-state index contributed by atoms with van der Waals surface area (Å²) < 4.78 is 0. The van der Waals surface area contributed by atoms with E-state index in [4.69, 9.17) is 0 Å². The van der Waals surface area contributed by atoms with Gasteiger partial charge in [-0.05, 0) is 36.9 Å². The first-order valence-corrected chi connectivity index (χ1v) is 5.85. The molecule has 0 radical (unpaired) electrons. The summed E-state index contributed by atoms with van der Waals surface area (Å²) in [5, 5.41) is 0.925. The molecule has 0 heterocycles. The maximum atomic E-state index is 2.41. The highest BCUT2D eigenvalue weighted by Crippen LogP contribution is 2.42. The van der Waals surface area contributed by atoms with E-state index in [-0.39, 0.29) is 0 Å². The van der Waals surface area contributed by atoms with Gasteiger partial charge in [-0.1, -0.05) is 20.8 Å². The summed E-state index contributed by atoms with van der Waals surface area (Å²) >= 11 is 2.05. The fourth-order valence-electron chi connectivity index (χ4n) is 2.44. The molecule has 0 amide bonds. The lowest BCUT2D eigenvalue weighted by molar-refractivity contribution is 0.197. The third-order valence-corrected chi connectivity index (χ3v) is 3.71. The summed E-state index contributed by atoms with van der Waals surface area (Å²) in [6, 6.07) is 0. The zero-order chi connectivity index (χ0) is 8.48. The van der Waals surface area contributed by atoms with Gasteiger partial charge in [0.25, 0.3) is 0 Å². The SMILES string of the molecule is CSC1CC(C)CC(C)(C)C1. The van der Waals surface area contributed by atoms with E-state index in [0.29, 0.717) is 5.41 Å². The Bertz CT molecular complexity index is 129. The van der Waals surface area contributed by atoms with E-state index in [0.717, 1.165) is 11.2 Å². The largest absolute Gasteiger partial charge is 0.162 e. The zero-order valence-electron chi connectivity index (χ0n) is 8.18. The van der Waals surface area contributed by atoms with Gasteiger partial charge in [0.1, 0.15) is 0 Å². The number of hydrogen-bond acceptors (Lipinski definition) is 1. The first-order chi connectivity index (χ1) is 5.03. The standard InChI is InChI=1S/C10H20S/c1-8-5-9(11-4)7-10(2,3)6-8/h8-9H,5-7H2,1-4H3. The average Bonchev–Trinajstić information content (AvgIpc) is 1.83. The van der Waals surface area contributed by atoms with Crippen LogP contribution in [0.1, 0.15) is 40.0 Å². The van der Waals surface area contributed by atoms with Gasteiger partial charge < -0.3 is 0 Å². The highest BCUT2D eigenvalue weighted by Gasteiger charge is 2.31. The van der Waals surface area contributed by atoms with Crippen LogP contribution in [-0.2, 0) is 0 Å². The molecule has 0 saturated heterocycles. The monoisotopic (exact) mass is 172 g/mol. The second-order valence-electron chi connectivity index (χ2n) is 4.77. The van der Waals surface area contributed by atoms with E-state index < -0.39 is 0 Å². The first kappa shape index (κ1) is 9.44. The predicted molar refractivity (Wildman–Crippen MR) is 54.1 cm³/mol. The van der Waals surface area contributed by atoms with Crippen LogP contribution >= 0.6 is 11.8 Å². The molecule has 1 aliphatic rings. The predicted octanol–water partition coefficient (Wildman–Crippen LogP) is 3.56. The summed E-state index contributed by atoms with van der Waals surface area (Å²) in [7, 11) is 0. The Balaban J connectivity index is 2.51.